The second-order valence-corrected chi connectivity index (χ2v) is 6.93. The number of carboxylic acid groups (broad SMARTS) is 1. The molecule has 30 heavy (non-hydrogen) atoms. The maximum atomic E-state index is 12.6. The standard InChI is InChI=1S/C23H19F2NO4/c1-29-19-12-13(9-10-18(19)30-23(24)25)11-14-5-4-7-16-20(22(27)28)15-6-2-3-8-17(15)26-21(14)16/h2-3,6,8-12,23H,4-5,7H2,1H3,(H,27,28)/p-1/b14-11+. The molecule has 0 bridgehead atoms. The quantitative estimate of drug-likeness (QED) is 0.634. The van der Waals surface area contributed by atoms with Gasteiger partial charge in [-0.25, -0.2) is 4.98 Å². The van der Waals surface area contributed by atoms with Gasteiger partial charge in [-0.3, -0.25) is 0 Å². The van der Waals surface area contributed by atoms with Crippen molar-refractivity contribution >= 4 is 28.5 Å². The fourth-order valence-electron chi connectivity index (χ4n) is 3.88. The highest BCUT2D eigenvalue weighted by molar-refractivity contribution is 6.05. The molecule has 0 spiro atoms. The number of carboxylic acids is 1. The van der Waals surface area contributed by atoms with E-state index in [-0.39, 0.29) is 17.1 Å². The monoisotopic (exact) mass is 410 g/mol. The summed E-state index contributed by atoms with van der Waals surface area (Å²) < 4.78 is 34.7. The Balaban J connectivity index is 1.84. The summed E-state index contributed by atoms with van der Waals surface area (Å²) >= 11 is 0. The smallest absolute Gasteiger partial charge is 0.387 e. The zero-order valence-electron chi connectivity index (χ0n) is 16.2. The first-order valence-electron chi connectivity index (χ1n) is 9.44. The summed E-state index contributed by atoms with van der Waals surface area (Å²) in [4.78, 5) is 16.6. The lowest BCUT2D eigenvalue weighted by molar-refractivity contribution is -0.254. The van der Waals surface area contributed by atoms with Crippen LogP contribution in [0.4, 0.5) is 8.78 Å². The maximum Gasteiger partial charge on any atom is 0.387 e. The van der Waals surface area contributed by atoms with Gasteiger partial charge in [-0.05, 0) is 60.2 Å². The first-order valence-corrected chi connectivity index (χ1v) is 9.44. The van der Waals surface area contributed by atoms with Gasteiger partial charge >= 0.3 is 6.61 Å². The van der Waals surface area contributed by atoms with Gasteiger partial charge in [0, 0.05) is 10.9 Å². The normalized spacial score (nSPS) is 14.7. The lowest BCUT2D eigenvalue weighted by atomic mass is 9.86. The minimum atomic E-state index is -2.95. The van der Waals surface area contributed by atoms with E-state index in [1.807, 2.05) is 6.08 Å². The van der Waals surface area contributed by atoms with E-state index >= 15 is 0 Å². The number of carbonyl (C=O) groups is 1. The highest BCUT2D eigenvalue weighted by Crippen LogP contribution is 2.37. The molecular formula is C23H18F2NO4-. The molecule has 1 aromatic heterocycles. The van der Waals surface area contributed by atoms with Crippen molar-refractivity contribution in [3.05, 3.63) is 64.8 Å². The van der Waals surface area contributed by atoms with Crippen molar-refractivity contribution in [3.63, 3.8) is 0 Å². The Kier molecular flexibility index (Phi) is 5.35. The van der Waals surface area contributed by atoms with Gasteiger partial charge in [-0.1, -0.05) is 24.3 Å². The van der Waals surface area contributed by atoms with Crippen LogP contribution in [-0.2, 0) is 6.42 Å². The summed E-state index contributed by atoms with van der Waals surface area (Å²) in [5, 5.41) is 12.5. The summed E-state index contributed by atoms with van der Waals surface area (Å²) in [6.07, 6.45) is 3.94. The molecule has 1 aliphatic carbocycles. The third kappa shape index (κ3) is 3.70. The Labute approximate surface area is 171 Å². The molecule has 0 aliphatic heterocycles. The van der Waals surface area contributed by atoms with Crippen LogP contribution in [0.25, 0.3) is 22.6 Å². The van der Waals surface area contributed by atoms with Crippen LogP contribution in [0.1, 0.15) is 40.0 Å². The van der Waals surface area contributed by atoms with E-state index < -0.39 is 12.6 Å². The lowest BCUT2D eigenvalue weighted by Gasteiger charge is -2.23. The molecule has 0 atom stereocenters. The average Bonchev–Trinajstić information content (AvgIpc) is 2.72. The number of methoxy groups -OCH3 is 1. The number of carbonyl (C=O) groups excluding carboxylic acids is 1. The summed E-state index contributed by atoms with van der Waals surface area (Å²) in [7, 11) is 1.38. The van der Waals surface area contributed by atoms with Crippen molar-refractivity contribution in [2.24, 2.45) is 0 Å². The van der Waals surface area contributed by atoms with Crippen LogP contribution < -0.4 is 14.6 Å². The molecule has 154 valence electrons. The molecule has 2 aromatic carbocycles. The number of hydrogen-bond acceptors (Lipinski definition) is 5. The van der Waals surface area contributed by atoms with Crippen LogP contribution in [0.3, 0.4) is 0 Å². The van der Waals surface area contributed by atoms with Crippen molar-refractivity contribution < 1.29 is 28.2 Å². The Hall–Kier alpha value is -3.48. The first-order chi connectivity index (χ1) is 14.5. The minimum Gasteiger partial charge on any atom is -0.545 e. The fourth-order valence-corrected chi connectivity index (χ4v) is 3.88. The van der Waals surface area contributed by atoms with Crippen LogP contribution in [0.5, 0.6) is 11.5 Å². The molecule has 4 rings (SSSR count). The van der Waals surface area contributed by atoms with E-state index in [4.69, 9.17) is 9.72 Å². The number of benzene rings is 2. The zero-order chi connectivity index (χ0) is 21.3. The Bertz CT molecular complexity index is 1160. The molecule has 5 nitrogen and oxygen atoms in total. The molecule has 0 radical (unpaired) electrons. The molecule has 7 heteroatoms. The highest BCUT2D eigenvalue weighted by Gasteiger charge is 2.22. The third-order valence-corrected chi connectivity index (χ3v) is 5.12. The SMILES string of the molecule is COc1cc(/C=C2\CCCc3c2nc2ccccc2c3C(=O)[O-])ccc1OC(F)F. The van der Waals surface area contributed by atoms with Crippen molar-refractivity contribution in [2.75, 3.05) is 7.11 Å². The number of fused-ring (bicyclic) bond motifs is 2. The number of nitrogens with zero attached hydrogens (tertiary/aromatic N) is 1. The van der Waals surface area contributed by atoms with Gasteiger partial charge in [0.15, 0.2) is 11.5 Å². The molecule has 1 aliphatic rings. The minimum absolute atomic E-state index is 0.0537. The Morgan fingerprint density at radius 3 is 2.70 bits per heavy atom. The van der Waals surface area contributed by atoms with Gasteiger partial charge in [-0.2, -0.15) is 8.78 Å². The van der Waals surface area contributed by atoms with Crippen LogP contribution >= 0.6 is 0 Å². The third-order valence-electron chi connectivity index (χ3n) is 5.12. The molecule has 0 N–H and O–H groups in total. The van der Waals surface area contributed by atoms with E-state index in [9.17, 15) is 18.7 Å². The Morgan fingerprint density at radius 1 is 1.17 bits per heavy atom. The number of halogens is 2. The van der Waals surface area contributed by atoms with Gasteiger partial charge in [0.05, 0.1) is 24.3 Å². The van der Waals surface area contributed by atoms with Crippen LogP contribution in [0.2, 0.25) is 0 Å². The number of hydrogen-bond donors (Lipinski definition) is 0. The van der Waals surface area contributed by atoms with Crippen molar-refractivity contribution in [2.45, 2.75) is 25.9 Å². The van der Waals surface area contributed by atoms with Crippen LogP contribution in [-0.4, -0.2) is 24.7 Å². The number of allylic oxidation sites excluding steroid dienone is 1. The summed E-state index contributed by atoms with van der Waals surface area (Å²) in [5.41, 5.74) is 3.64. The van der Waals surface area contributed by atoms with Crippen molar-refractivity contribution in [1.29, 1.82) is 0 Å². The van der Waals surface area contributed by atoms with E-state index in [1.54, 1.807) is 36.4 Å². The van der Waals surface area contributed by atoms with Gasteiger partial charge < -0.3 is 19.4 Å². The number of para-hydroxylation sites is 1. The van der Waals surface area contributed by atoms with Crippen molar-refractivity contribution in [3.8, 4) is 11.5 Å². The number of rotatable bonds is 5. The highest BCUT2D eigenvalue weighted by atomic mass is 19.3. The molecular weight excluding hydrogens is 392 g/mol. The number of aromatic carboxylic acids is 1. The average molecular weight is 410 g/mol. The number of aromatic nitrogens is 1. The summed E-state index contributed by atoms with van der Waals surface area (Å²) in [6.45, 7) is -2.95. The largest absolute Gasteiger partial charge is 0.545 e. The molecule has 0 unspecified atom stereocenters. The zero-order valence-corrected chi connectivity index (χ0v) is 16.2. The summed E-state index contributed by atoms with van der Waals surface area (Å²) in [5.74, 6) is -1.09. The molecule has 0 amide bonds. The van der Waals surface area contributed by atoms with Crippen LogP contribution in [0, 0.1) is 0 Å². The van der Waals surface area contributed by atoms with Crippen LogP contribution in [0.15, 0.2) is 42.5 Å². The topological polar surface area (TPSA) is 71.5 Å². The molecule has 0 fully saturated rings. The molecule has 0 saturated heterocycles. The van der Waals surface area contributed by atoms with E-state index in [1.165, 1.54) is 13.2 Å². The van der Waals surface area contributed by atoms with Crippen molar-refractivity contribution in [1.82, 2.24) is 4.98 Å². The Morgan fingerprint density at radius 2 is 1.97 bits per heavy atom. The van der Waals surface area contributed by atoms with Gasteiger partial charge in [0.25, 0.3) is 0 Å². The molecule has 1 heterocycles. The number of alkyl halides is 2. The predicted molar refractivity (Wildman–Crippen MR) is 107 cm³/mol. The second kappa shape index (κ2) is 8.10. The first kappa shape index (κ1) is 19.8. The lowest BCUT2D eigenvalue weighted by Crippen LogP contribution is -2.26. The van der Waals surface area contributed by atoms with Gasteiger partial charge in [0.2, 0.25) is 0 Å². The van der Waals surface area contributed by atoms with Gasteiger partial charge in [0.1, 0.15) is 0 Å². The fraction of sp³-hybridized carbons (Fsp3) is 0.217. The maximum absolute atomic E-state index is 12.6. The summed E-state index contributed by atoms with van der Waals surface area (Å²) in [6, 6.07) is 11.7. The molecule has 0 saturated carbocycles. The number of pyridine rings is 1. The second-order valence-electron chi connectivity index (χ2n) is 6.93. The van der Waals surface area contributed by atoms with Gasteiger partial charge in [-0.15, -0.1) is 0 Å². The number of ether oxygens (including phenoxy) is 2. The van der Waals surface area contributed by atoms with E-state index in [2.05, 4.69) is 4.74 Å². The van der Waals surface area contributed by atoms with E-state index in [0.717, 1.165) is 12.0 Å². The molecule has 3 aromatic rings. The van der Waals surface area contributed by atoms with E-state index in [0.29, 0.717) is 40.6 Å². The predicted octanol–water partition coefficient (Wildman–Crippen LogP) is 4.09.